The van der Waals surface area contributed by atoms with Crippen molar-refractivity contribution in [2.75, 3.05) is 32.1 Å². The first-order chi connectivity index (χ1) is 4.76. The highest BCUT2D eigenvalue weighted by molar-refractivity contribution is 9.09. The molecule has 0 aromatic heterocycles. The van der Waals surface area contributed by atoms with Gasteiger partial charge < -0.3 is 10.2 Å². The molecule has 0 heterocycles. The smallest absolute Gasteiger partial charge is 0.0609 e. The van der Waals surface area contributed by atoms with Gasteiger partial charge in [-0.2, -0.15) is 0 Å². The zero-order chi connectivity index (χ0) is 7.98. The van der Waals surface area contributed by atoms with Gasteiger partial charge in [0.1, 0.15) is 0 Å². The summed E-state index contributed by atoms with van der Waals surface area (Å²) >= 11 is 3.27. The molecular weight excluding hydrogens is 198 g/mol. The third-order valence-electron chi connectivity index (χ3n) is 1.48. The van der Waals surface area contributed by atoms with Gasteiger partial charge in [0.25, 0.3) is 0 Å². The lowest BCUT2D eigenvalue weighted by atomic mass is 10.3. The third kappa shape index (κ3) is 3.51. The van der Waals surface area contributed by atoms with Gasteiger partial charge in [-0.05, 0) is 7.05 Å². The van der Waals surface area contributed by atoms with Crippen LogP contribution in [0.1, 0.15) is 0 Å². The van der Waals surface area contributed by atoms with Gasteiger partial charge in [-0.3, -0.25) is 4.90 Å². The highest BCUT2D eigenvalue weighted by atomic mass is 79.9. The Kier molecular flexibility index (Phi) is 6.31. The molecule has 0 saturated carbocycles. The van der Waals surface area contributed by atoms with Crippen LogP contribution in [-0.4, -0.2) is 53.3 Å². The fraction of sp³-hybridized carbons (Fsp3) is 1.00. The molecule has 4 heteroatoms. The Morgan fingerprint density at radius 1 is 1.40 bits per heavy atom. The molecule has 10 heavy (non-hydrogen) atoms. The monoisotopic (exact) mass is 211 g/mol. The molecule has 0 unspecified atom stereocenters. The quantitative estimate of drug-likeness (QED) is 0.613. The van der Waals surface area contributed by atoms with E-state index < -0.39 is 0 Å². The Morgan fingerprint density at radius 3 is 2.20 bits per heavy atom. The van der Waals surface area contributed by atoms with E-state index in [0.717, 1.165) is 11.9 Å². The van der Waals surface area contributed by atoms with E-state index in [9.17, 15) is 0 Å². The molecule has 0 aromatic carbocycles. The van der Waals surface area contributed by atoms with E-state index in [1.807, 2.05) is 11.9 Å². The molecule has 0 saturated heterocycles. The highest BCUT2D eigenvalue weighted by Gasteiger charge is 2.10. The van der Waals surface area contributed by atoms with E-state index in [-0.39, 0.29) is 19.3 Å². The summed E-state index contributed by atoms with van der Waals surface area (Å²) in [7, 11) is 1.87. The second-order valence-corrected chi connectivity index (χ2v) is 2.98. The Bertz CT molecular complexity index is 78.1. The number of halogens is 1. The molecule has 0 rings (SSSR count). The molecule has 0 fully saturated rings. The highest BCUT2D eigenvalue weighted by Crippen LogP contribution is 1.94. The standard InChI is InChI=1S/C6H14BrNO2/c1-8(3-2-7)6(4-9)5-10/h6,9-10H,2-5H2,1H3. The number of hydrogen-bond donors (Lipinski definition) is 2. The number of likely N-dealkylation sites (N-methyl/N-ethyl adjacent to an activating group) is 1. The molecule has 0 radical (unpaired) electrons. The Labute approximate surface area is 69.8 Å². The molecule has 0 bridgehead atoms. The van der Waals surface area contributed by atoms with Gasteiger partial charge in [-0.1, -0.05) is 15.9 Å². The van der Waals surface area contributed by atoms with Gasteiger partial charge in [0, 0.05) is 11.9 Å². The van der Waals surface area contributed by atoms with E-state index >= 15 is 0 Å². The molecular formula is C6H14BrNO2. The van der Waals surface area contributed by atoms with Crippen LogP contribution in [0.15, 0.2) is 0 Å². The summed E-state index contributed by atoms with van der Waals surface area (Å²) in [5.74, 6) is 0. The van der Waals surface area contributed by atoms with Gasteiger partial charge >= 0.3 is 0 Å². The van der Waals surface area contributed by atoms with Crippen LogP contribution in [0.3, 0.4) is 0 Å². The Morgan fingerprint density at radius 2 is 1.90 bits per heavy atom. The zero-order valence-electron chi connectivity index (χ0n) is 6.13. The molecule has 0 aliphatic rings. The summed E-state index contributed by atoms with van der Waals surface area (Å²) in [5.41, 5.74) is 0. The van der Waals surface area contributed by atoms with Crippen LogP contribution in [0, 0.1) is 0 Å². The normalized spacial score (nSPS) is 11.4. The first-order valence-corrected chi connectivity index (χ1v) is 4.36. The van der Waals surface area contributed by atoms with E-state index in [1.165, 1.54) is 0 Å². The minimum Gasteiger partial charge on any atom is -0.395 e. The molecule has 62 valence electrons. The maximum atomic E-state index is 8.71. The zero-order valence-corrected chi connectivity index (χ0v) is 7.71. The summed E-state index contributed by atoms with van der Waals surface area (Å²) in [6, 6.07) is -0.113. The molecule has 3 nitrogen and oxygen atoms in total. The first-order valence-electron chi connectivity index (χ1n) is 3.24. The van der Waals surface area contributed by atoms with Crippen LogP contribution in [0.4, 0.5) is 0 Å². The van der Waals surface area contributed by atoms with Crippen molar-refractivity contribution in [3.63, 3.8) is 0 Å². The molecule has 0 aliphatic heterocycles. The van der Waals surface area contributed by atoms with Crippen LogP contribution >= 0.6 is 15.9 Å². The van der Waals surface area contributed by atoms with Gasteiger partial charge in [0.05, 0.1) is 19.3 Å². The maximum absolute atomic E-state index is 8.71. The average molecular weight is 212 g/mol. The molecule has 0 atom stereocenters. The van der Waals surface area contributed by atoms with Crippen LogP contribution in [0.2, 0.25) is 0 Å². The Hall–Kier alpha value is 0.360. The third-order valence-corrected chi connectivity index (χ3v) is 1.84. The van der Waals surface area contributed by atoms with E-state index in [1.54, 1.807) is 0 Å². The minimum atomic E-state index is -0.113. The van der Waals surface area contributed by atoms with Crippen LogP contribution in [0.5, 0.6) is 0 Å². The van der Waals surface area contributed by atoms with E-state index in [2.05, 4.69) is 15.9 Å². The number of aliphatic hydroxyl groups excluding tert-OH is 2. The lowest BCUT2D eigenvalue weighted by molar-refractivity contribution is 0.0962. The van der Waals surface area contributed by atoms with Crippen molar-refractivity contribution in [1.29, 1.82) is 0 Å². The van der Waals surface area contributed by atoms with Crippen molar-refractivity contribution in [3.8, 4) is 0 Å². The van der Waals surface area contributed by atoms with Crippen molar-refractivity contribution in [3.05, 3.63) is 0 Å². The van der Waals surface area contributed by atoms with Gasteiger partial charge in [0.2, 0.25) is 0 Å². The van der Waals surface area contributed by atoms with Crippen molar-refractivity contribution >= 4 is 15.9 Å². The molecule has 0 aromatic rings. The number of hydrogen-bond acceptors (Lipinski definition) is 3. The second-order valence-electron chi connectivity index (χ2n) is 2.19. The predicted octanol–water partition coefficient (Wildman–Crippen LogP) is -0.334. The van der Waals surface area contributed by atoms with Crippen molar-refractivity contribution in [2.45, 2.75) is 6.04 Å². The van der Waals surface area contributed by atoms with Gasteiger partial charge in [0.15, 0.2) is 0 Å². The summed E-state index contributed by atoms with van der Waals surface area (Å²) in [6.07, 6.45) is 0. The van der Waals surface area contributed by atoms with Crippen molar-refractivity contribution < 1.29 is 10.2 Å². The van der Waals surface area contributed by atoms with Crippen molar-refractivity contribution in [1.82, 2.24) is 4.90 Å². The number of nitrogens with zero attached hydrogens (tertiary/aromatic N) is 1. The summed E-state index contributed by atoms with van der Waals surface area (Å²) in [6.45, 7) is 0.867. The van der Waals surface area contributed by atoms with E-state index in [0.29, 0.717) is 0 Å². The minimum absolute atomic E-state index is 0.0139. The summed E-state index contributed by atoms with van der Waals surface area (Å²) in [4.78, 5) is 1.91. The maximum Gasteiger partial charge on any atom is 0.0609 e. The lowest BCUT2D eigenvalue weighted by Crippen LogP contribution is -2.38. The Balaban J connectivity index is 3.53. The summed E-state index contributed by atoms with van der Waals surface area (Å²) in [5, 5.41) is 18.3. The topological polar surface area (TPSA) is 43.7 Å². The molecule has 0 aliphatic carbocycles. The SMILES string of the molecule is CN(CCBr)C(CO)CO. The van der Waals surface area contributed by atoms with Gasteiger partial charge in [-0.25, -0.2) is 0 Å². The fourth-order valence-corrected chi connectivity index (χ4v) is 1.21. The van der Waals surface area contributed by atoms with Crippen molar-refractivity contribution in [2.24, 2.45) is 0 Å². The molecule has 2 N–H and O–H groups in total. The number of aliphatic hydroxyl groups is 2. The van der Waals surface area contributed by atoms with Crippen LogP contribution < -0.4 is 0 Å². The second kappa shape index (κ2) is 6.09. The number of rotatable bonds is 5. The fourth-order valence-electron chi connectivity index (χ4n) is 0.652. The first kappa shape index (κ1) is 10.4. The van der Waals surface area contributed by atoms with Crippen LogP contribution in [0.25, 0.3) is 0 Å². The largest absolute Gasteiger partial charge is 0.395 e. The lowest BCUT2D eigenvalue weighted by Gasteiger charge is -2.23. The van der Waals surface area contributed by atoms with Crippen LogP contribution in [-0.2, 0) is 0 Å². The molecule has 0 spiro atoms. The average Bonchev–Trinajstić information content (AvgIpc) is 1.91. The molecule has 0 amide bonds. The van der Waals surface area contributed by atoms with Gasteiger partial charge in [-0.15, -0.1) is 0 Å². The summed E-state index contributed by atoms with van der Waals surface area (Å²) < 4.78 is 0. The number of alkyl halides is 1. The predicted molar refractivity (Wildman–Crippen MR) is 44.4 cm³/mol. The van der Waals surface area contributed by atoms with E-state index in [4.69, 9.17) is 10.2 Å².